The monoisotopic (exact) mass is 451 g/mol. The lowest BCUT2D eigenvalue weighted by Gasteiger charge is -2.08. The Kier molecular flexibility index (Phi) is 5.58. The predicted molar refractivity (Wildman–Crippen MR) is 123 cm³/mol. The van der Waals surface area contributed by atoms with Crippen LogP contribution in [0.3, 0.4) is 0 Å². The summed E-state index contributed by atoms with van der Waals surface area (Å²) in [5.41, 5.74) is 3.39. The molecule has 0 spiro atoms. The van der Waals surface area contributed by atoms with Crippen molar-refractivity contribution in [1.29, 1.82) is 0 Å². The third-order valence-corrected chi connectivity index (χ3v) is 5.49. The van der Waals surface area contributed by atoms with E-state index < -0.39 is 10.0 Å². The fourth-order valence-electron chi connectivity index (χ4n) is 3.42. The van der Waals surface area contributed by atoms with Gasteiger partial charge in [-0.05, 0) is 35.9 Å². The molecule has 0 bridgehead atoms. The Morgan fingerprint density at radius 2 is 1.72 bits per heavy atom. The van der Waals surface area contributed by atoms with E-state index in [-0.39, 0.29) is 5.78 Å². The van der Waals surface area contributed by atoms with Gasteiger partial charge in [0.2, 0.25) is 10.0 Å². The van der Waals surface area contributed by atoms with Crippen LogP contribution in [0.1, 0.15) is 15.9 Å². The molecule has 4 aromatic rings. The van der Waals surface area contributed by atoms with Crippen molar-refractivity contribution in [2.45, 2.75) is 0 Å². The van der Waals surface area contributed by atoms with Crippen LogP contribution < -0.4 is 14.2 Å². The maximum atomic E-state index is 13.3. The summed E-state index contributed by atoms with van der Waals surface area (Å²) in [7, 11) is -0.347. The van der Waals surface area contributed by atoms with E-state index in [9.17, 15) is 13.2 Å². The molecule has 2 heterocycles. The normalized spacial score (nSPS) is 11.3. The quantitative estimate of drug-likeness (QED) is 0.413. The van der Waals surface area contributed by atoms with Crippen molar-refractivity contribution < 1.29 is 22.7 Å². The minimum Gasteiger partial charge on any atom is -0.497 e. The molecular weight excluding hydrogens is 430 g/mol. The molecule has 4 rings (SSSR count). The fraction of sp³-hybridized carbons (Fsp3) is 0.130. The molecule has 0 aliphatic heterocycles. The Balaban J connectivity index is 1.76. The molecule has 2 aromatic carbocycles. The largest absolute Gasteiger partial charge is 0.497 e. The van der Waals surface area contributed by atoms with Crippen LogP contribution in [0, 0.1) is 0 Å². The molecule has 0 radical (unpaired) electrons. The second-order valence-corrected chi connectivity index (χ2v) is 8.96. The molecule has 0 aliphatic carbocycles. The van der Waals surface area contributed by atoms with Crippen molar-refractivity contribution in [3.8, 4) is 22.6 Å². The molecule has 2 aromatic heterocycles. The Bertz CT molecular complexity index is 1400. The number of rotatable bonds is 7. The number of H-pyrrole nitrogens is 1. The van der Waals surface area contributed by atoms with Gasteiger partial charge < -0.3 is 14.5 Å². The molecule has 8 nitrogen and oxygen atoms in total. The number of benzene rings is 2. The average molecular weight is 452 g/mol. The summed E-state index contributed by atoms with van der Waals surface area (Å²) < 4.78 is 36.1. The Morgan fingerprint density at radius 1 is 1.00 bits per heavy atom. The zero-order chi connectivity index (χ0) is 22.9. The van der Waals surface area contributed by atoms with E-state index in [1.807, 2.05) is 12.1 Å². The Morgan fingerprint density at radius 3 is 2.38 bits per heavy atom. The van der Waals surface area contributed by atoms with Crippen LogP contribution in [0.25, 0.3) is 22.2 Å². The van der Waals surface area contributed by atoms with Gasteiger partial charge in [0.15, 0.2) is 5.78 Å². The van der Waals surface area contributed by atoms with Crippen LogP contribution >= 0.6 is 0 Å². The van der Waals surface area contributed by atoms with E-state index in [0.29, 0.717) is 39.3 Å². The van der Waals surface area contributed by atoms with Crippen LogP contribution in [-0.4, -0.2) is 44.6 Å². The number of aromatic amines is 1. The number of carbonyl (C=O) groups is 1. The first-order chi connectivity index (χ1) is 15.3. The van der Waals surface area contributed by atoms with Gasteiger partial charge in [0.25, 0.3) is 0 Å². The number of hydrogen-bond donors (Lipinski definition) is 2. The molecule has 0 saturated heterocycles. The second-order valence-electron chi connectivity index (χ2n) is 7.21. The SMILES string of the molecule is COc1cc(OC)cc(C(=O)c2c[nH]c3ncc(-c4cccc(NS(C)(=O)=O)c4)cc23)c1. The van der Waals surface area contributed by atoms with E-state index in [1.165, 1.54) is 14.2 Å². The summed E-state index contributed by atoms with van der Waals surface area (Å²) in [5, 5.41) is 0.649. The third-order valence-electron chi connectivity index (χ3n) is 4.89. The van der Waals surface area contributed by atoms with E-state index in [0.717, 1.165) is 17.4 Å². The van der Waals surface area contributed by atoms with E-state index in [1.54, 1.807) is 48.8 Å². The van der Waals surface area contributed by atoms with Crippen LogP contribution in [0.5, 0.6) is 11.5 Å². The van der Waals surface area contributed by atoms with Gasteiger partial charge in [-0.3, -0.25) is 9.52 Å². The maximum absolute atomic E-state index is 13.3. The highest BCUT2D eigenvalue weighted by molar-refractivity contribution is 7.92. The van der Waals surface area contributed by atoms with Gasteiger partial charge in [-0.25, -0.2) is 13.4 Å². The third kappa shape index (κ3) is 4.42. The molecule has 32 heavy (non-hydrogen) atoms. The maximum Gasteiger partial charge on any atom is 0.229 e. The first kappa shape index (κ1) is 21.4. The van der Waals surface area contributed by atoms with Gasteiger partial charge in [0, 0.05) is 46.2 Å². The molecule has 164 valence electrons. The molecule has 0 fully saturated rings. The number of aromatic nitrogens is 2. The number of carbonyl (C=O) groups excluding carboxylic acids is 1. The highest BCUT2D eigenvalue weighted by atomic mass is 32.2. The highest BCUT2D eigenvalue weighted by Crippen LogP contribution is 2.30. The number of fused-ring (bicyclic) bond motifs is 1. The van der Waals surface area contributed by atoms with Crippen LogP contribution in [0.4, 0.5) is 5.69 Å². The summed E-state index contributed by atoms with van der Waals surface area (Å²) >= 11 is 0. The number of ketones is 1. The second kappa shape index (κ2) is 8.35. The Hall–Kier alpha value is -3.85. The molecule has 0 atom stereocenters. The van der Waals surface area contributed by atoms with Crippen molar-refractivity contribution in [1.82, 2.24) is 9.97 Å². The highest BCUT2D eigenvalue weighted by Gasteiger charge is 2.18. The molecule has 0 aliphatic rings. The number of methoxy groups -OCH3 is 2. The molecule has 0 unspecified atom stereocenters. The number of pyridine rings is 1. The topological polar surface area (TPSA) is 110 Å². The lowest BCUT2D eigenvalue weighted by molar-refractivity contribution is 0.103. The number of hydrogen-bond acceptors (Lipinski definition) is 6. The Labute approximate surface area is 185 Å². The van der Waals surface area contributed by atoms with Crippen molar-refractivity contribution >= 4 is 32.5 Å². The lowest BCUT2D eigenvalue weighted by atomic mass is 10.0. The standard InChI is InChI=1S/C23H21N3O5S/c1-30-18-8-15(9-19(11-18)31-2)22(27)21-13-25-23-20(21)10-16(12-24-23)14-5-4-6-17(7-14)26-32(3,28)29/h4-13,26H,1-3H3,(H,24,25). The summed E-state index contributed by atoms with van der Waals surface area (Å²) in [6.45, 7) is 0. The van der Waals surface area contributed by atoms with Gasteiger partial charge in [-0.15, -0.1) is 0 Å². The van der Waals surface area contributed by atoms with E-state index >= 15 is 0 Å². The molecule has 0 saturated carbocycles. The van der Waals surface area contributed by atoms with Gasteiger partial charge >= 0.3 is 0 Å². The van der Waals surface area contributed by atoms with Gasteiger partial charge in [0.05, 0.1) is 20.5 Å². The summed E-state index contributed by atoms with van der Waals surface area (Å²) in [5.74, 6) is 0.822. The molecular formula is C23H21N3O5S. The van der Waals surface area contributed by atoms with Crippen molar-refractivity contribution in [2.24, 2.45) is 0 Å². The summed E-state index contributed by atoms with van der Waals surface area (Å²) in [6.07, 6.45) is 4.39. The zero-order valence-corrected chi connectivity index (χ0v) is 18.5. The fourth-order valence-corrected chi connectivity index (χ4v) is 3.97. The smallest absolute Gasteiger partial charge is 0.229 e. The summed E-state index contributed by atoms with van der Waals surface area (Å²) in [4.78, 5) is 20.7. The van der Waals surface area contributed by atoms with Crippen LogP contribution in [0.2, 0.25) is 0 Å². The van der Waals surface area contributed by atoms with Crippen LogP contribution in [-0.2, 0) is 10.0 Å². The van der Waals surface area contributed by atoms with Gasteiger partial charge in [-0.2, -0.15) is 0 Å². The minimum atomic E-state index is -3.40. The number of nitrogens with zero attached hydrogens (tertiary/aromatic N) is 1. The van der Waals surface area contributed by atoms with Crippen molar-refractivity contribution in [2.75, 3.05) is 25.2 Å². The first-order valence-electron chi connectivity index (χ1n) is 9.60. The predicted octanol–water partition coefficient (Wildman–Crippen LogP) is 3.85. The van der Waals surface area contributed by atoms with Gasteiger partial charge in [0.1, 0.15) is 17.1 Å². The lowest BCUT2D eigenvalue weighted by Crippen LogP contribution is -2.09. The number of ether oxygens (including phenoxy) is 2. The molecule has 9 heteroatoms. The van der Waals surface area contributed by atoms with Crippen molar-refractivity contribution in [3.05, 3.63) is 72.1 Å². The molecule has 0 amide bonds. The number of anilines is 1. The number of nitrogens with one attached hydrogen (secondary N) is 2. The minimum absolute atomic E-state index is 0.208. The van der Waals surface area contributed by atoms with Gasteiger partial charge in [-0.1, -0.05) is 12.1 Å². The summed E-state index contributed by atoms with van der Waals surface area (Å²) in [6, 6.07) is 13.8. The number of sulfonamides is 1. The van der Waals surface area contributed by atoms with Crippen molar-refractivity contribution in [3.63, 3.8) is 0 Å². The molecule has 2 N–H and O–H groups in total. The van der Waals surface area contributed by atoms with E-state index in [2.05, 4.69) is 14.7 Å². The van der Waals surface area contributed by atoms with E-state index in [4.69, 9.17) is 9.47 Å². The first-order valence-corrected chi connectivity index (χ1v) is 11.5. The average Bonchev–Trinajstić information content (AvgIpc) is 3.20. The van der Waals surface area contributed by atoms with Crippen LogP contribution in [0.15, 0.2) is 60.9 Å². The zero-order valence-electron chi connectivity index (χ0n) is 17.7.